The van der Waals surface area contributed by atoms with E-state index in [4.69, 9.17) is 38.4 Å². The highest BCUT2D eigenvalue weighted by molar-refractivity contribution is 6.35. The molecule has 10 heteroatoms. The third kappa shape index (κ3) is 5.17. The van der Waals surface area contributed by atoms with E-state index in [0.29, 0.717) is 21.9 Å². The van der Waals surface area contributed by atoms with Crippen LogP contribution in [0.4, 0.5) is 5.95 Å². The Morgan fingerprint density at radius 3 is 2.78 bits per heavy atom. The van der Waals surface area contributed by atoms with Crippen molar-refractivity contribution in [2.75, 3.05) is 37.6 Å². The molecule has 2 atom stereocenters. The zero-order valence-corrected chi connectivity index (χ0v) is 22.2. The molecule has 192 valence electrons. The molecule has 5 rings (SSSR count). The van der Waals surface area contributed by atoms with E-state index < -0.39 is 5.97 Å². The van der Waals surface area contributed by atoms with E-state index in [2.05, 4.69) is 21.7 Å². The molecule has 0 saturated carbocycles. The van der Waals surface area contributed by atoms with Gasteiger partial charge in [-0.3, -0.25) is 4.79 Å². The minimum absolute atomic E-state index is 0.104. The van der Waals surface area contributed by atoms with Gasteiger partial charge in [-0.15, -0.1) is 0 Å². The Kier molecular flexibility index (Phi) is 7.37. The molecule has 1 N–H and O–H groups in total. The number of aryl methyl sites for hydroxylation is 1. The average molecular weight is 531 g/mol. The molecule has 2 aliphatic rings. The minimum Gasteiger partial charge on any atom is -0.481 e. The molecule has 2 aromatic heterocycles. The van der Waals surface area contributed by atoms with Gasteiger partial charge in [-0.25, -0.2) is 9.67 Å². The predicted octanol–water partition coefficient (Wildman–Crippen LogP) is 5.06. The maximum absolute atomic E-state index is 10.8. The predicted molar refractivity (Wildman–Crippen MR) is 142 cm³/mol. The van der Waals surface area contributed by atoms with Crippen LogP contribution in [-0.4, -0.2) is 68.4 Å². The van der Waals surface area contributed by atoms with Gasteiger partial charge in [-0.05, 0) is 75.7 Å². The van der Waals surface area contributed by atoms with E-state index >= 15 is 0 Å². The molecule has 4 heterocycles. The van der Waals surface area contributed by atoms with Gasteiger partial charge in [0.25, 0.3) is 0 Å². The Balaban J connectivity index is 1.27. The lowest BCUT2D eigenvalue weighted by Gasteiger charge is -2.46. The molecule has 1 aromatic carbocycles. The zero-order chi connectivity index (χ0) is 25.4. The van der Waals surface area contributed by atoms with Gasteiger partial charge in [0, 0.05) is 42.3 Å². The standard InChI is InChI=1S/C26H32Cl2N6O2/c1-16-22-12-29-26(30-25(22)34(31-16)17(2)21-8-7-20(27)11-23(21)28)33-14-19(15-33)18-5-3-9-32(13-18)10-4-6-24(35)36/h7-8,11-12,17-19H,3-6,9-10,13-15H2,1-2H3,(H,35,36)/t17-,18?/m1/s1. The summed E-state index contributed by atoms with van der Waals surface area (Å²) in [5, 5.41) is 15.8. The van der Waals surface area contributed by atoms with Crippen LogP contribution in [-0.2, 0) is 4.79 Å². The van der Waals surface area contributed by atoms with Gasteiger partial charge in [-0.2, -0.15) is 10.1 Å². The van der Waals surface area contributed by atoms with Crippen LogP contribution in [0.2, 0.25) is 10.0 Å². The molecule has 3 aromatic rings. The van der Waals surface area contributed by atoms with E-state index in [1.807, 2.05) is 29.9 Å². The van der Waals surface area contributed by atoms with Gasteiger partial charge in [0.15, 0.2) is 5.65 Å². The first kappa shape index (κ1) is 25.2. The van der Waals surface area contributed by atoms with Crippen molar-refractivity contribution in [3.63, 3.8) is 0 Å². The van der Waals surface area contributed by atoms with Gasteiger partial charge in [0.2, 0.25) is 5.95 Å². The van der Waals surface area contributed by atoms with E-state index in [1.165, 1.54) is 12.8 Å². The number of hydrogen-bond acceptors (Lipinski definition) is 6. The second kappa shape index (κ2) is 10.5. The van der Waals surface area contributed by atoms with Crippen molar-refractivity contribution in [1.29, 1.82) is 0 Å². The summed E-state index contributed by atoms with van der Waals surface area (Å²) in [5.41, 5.74) is 2.64. The van der Waals surface area contributed by atoms with Crippen LogP contribution in [0.3, 0.4) is 0 Å². The monoisotopic (exact) mass is 530 g/mol. The molecule has 0 aliphatic carbocycles. The summed E-state index contributed by atoms with van der Waals surface area (Å²) in [4.78, 5) is 25.1. The number of aromatic nitrogens is 4. The first-order valence-corrected chi connectivity index (χ1v) is 13.4. The van der Waals surface area contributed by atoms with Crippen LogP contribution in [0.15, 0.2) is 24.4 Å². The van der Waals surface area contributed by atoms with Crippen molar-refractivity contribution in [2.45, 2.75) is 45.6 Å². The molecule has 0 spiro atoms. The van der Waals surface area contributed by atoms with Gasteiger partial charge < -0.3 is 14.9 Å². The minimum atomic E-state index is -0.711. The molecular weight excluding hydrogens is 499 g/mol. The Hall–Kier alpha value is -2.42. The van der Waals surface area contributed by atoms with Crippen molar-refractivity contribution in [3.8, 4) is 0 Å². The summed E-state index contributed by atoms with van der Waals surface area (Å²) in [5.74, 6) is 1.29. The molecule has 2 fully saturated rings. The Morgan fingerprint density at radius 2 is 2.03 bits per heavy atom. The number of carboxylic acids is 1. The van der Waals surface area contributed by atoms with E-state index in [0.717, 1.165) is 67.4 Å². The molecule has 0 radical (unpaired) electrons. The number of piperidine rings is 1. The number of aliphatic carboxylic acids is 1. The number of rotatable bonds is 8. The van der Waals surface area contributed by atoms with E-state index in [9.17, 15) is 4.79 Å². The highest BCUT2D eigenvalue weighted by atomic mass is 35.5. The summed E-state index contributed by atoms with van der Waals surface area (Å²) in [6.07, 6.45) is 5.26. The van der Waals surface area contributed by atoms with Crippen LogP contribution in [0, 0.1) is 18.8 Å². The maximum atomic E-state index is 10.8. The second-order valence-corrected chi connectivity index (χ2v) is 11.0. The fraction of sp³-hybridized carbons (Fsp3) is 0.538. The largest absolute Gasteiger partial charge is 0.481 e. The molecule has 0 bridgehead atoms. The smallest absolute Gasteiger partial charge is 0.303 e. The van der Waals surface area contributed by atoms with Crippen LogP contribution in [0.1, 0.15) is 49.9 Å². The Labute approximate surface area is 221 Å². The molecular formula is C26H32Cl2N6O2. The summed E-state index contributed by atoms with van der Waals surface area (Å²) < 4.78 is 1.93. The maximum Gasteiger partial charge on any atom is 0.303 e. The van der Waals surface area contributed by atoms with Crippen molar-refractivity contribution in [3.05, 3.63) is 45.7 Å². The first-order chi connectivity index (χ1) is 17.3. The van der Waals surface area contributed by atoms with Crippen LogP contribution < -0.4 is 4.90 Å². The molecule has 0 amide bonds. The van der Waals surface area contributed by atoms with Crippen molar-refractivity contribution in [2.24, 2.45) is 11.8 Å². The quantitative estimate of drug-likeness (QED) is 0.435. The van der Waals surface area contributed by atoms with Gasteiger partial charge in [-0.1, -0.05) is 29.3 Å². The normalized spacial score (nSPS) is 20.0. The molecule has 1 unspecified atom stereocenters. The molecule has 2 saturated heterocycles. The van der Waals surface area contributed by atoms with Crippen LogP contribution in [0.5, 0.6) is 0 Å². The first-order valence-electron chi connectivity index (χ1n) is 12.7. The second-order valence-electron chi connectivity index (χ2n) is 10.1. The molecule has 8 nitrogen and oxygen atoms in total. The Morgan fingerprint density at radius 1 is 1.22 bits per heavy atom. The fourth-order valence-electron chi connectivity index (χ4n) is 5.56. The van der Waals surface area contributed by atoms with Gasteiger partial charge in [0.1, 0.15) is 0 Å². The summed E-state index contributed by atoms with van der Waals surface area (Å²) in [6, 6.07) is 5.44. The van der Waals surface area contributed by atoms with E-state index in [1.54, 1.807) is 6.07 Å². The van der Waals surface area contributed by atoms with Crippen LogP contribution >= 0.6 is 23.2 Å². The fourth-order valence-corrected chi connectivity index (χ4v) is 6.12. The van der Waals surface area contributed by atoms with Crippen LogP contribution in [0.25, 0.3) is 11.0 Å². The number of carboxylic acid groups (broad SMARTS) is 1. The number of fused-ring (bicyclic) bond motifs is 1. The summed E-state index contributed by atoms with van der Waals surface area (Å²) in [6.45, 7) is 8.94. The summed E-state index contributed by atoms with van der Waals surface area (Å²) in [7, 11) is 0. The number of hydrogen-bond donors (Lipinski definition) is 1. The van der Waals surface area contributed by atoms with Gasteiger partial charge >= 0.3 is 5.97 Å². The topological polar surface area (TPSA) is 87.4 Å². The third-order valence-corrected chi connectivity index (χ3v) is 8.23. The number of halogens is 2. The van der Waals surface area contributed by atoms with Crippen molar-refractivity contribution < 1.29 is 9.90 Å². The highest BCUT2D eigenvalue weighted by Gasteiger charge is 2.37. The SMILES string of the molecule is Cc1nn([C@H](C)c2ccc(Cl)cc2Cl)c2nc(N3CC(C4CCCN(CCCC(=O)O)C4)C3)ncc12. The average Bonchev–Trinajstić information content (AvgIpc) is 3.14. The zero-order valence-electron chi connectivity index (χ0n) is 20.7. The molecule has 36 heavy (non-hydrogen) atoms. The summed E-state index contributed by atoms with van der Waals surface area (Å²) >= 11 is 12.6. The number of carbonyl (C=O) groups is 1. The van der Waals surface area contributed by atoms with E-state index in [-0.39, 0.29) is 12.5 Å². The number of benzene rings is 1. The number of likely N-dealkylation sites (tertiary alicyclic amines) is 1. The molecule has 2 aliphatic heterocycles. The van der Waals surface area contributed by atoms with Gasteiger partial charge in [0.05, 0.1) is 17.1 Å². The number of anilines is 1. The van der Waals surface area contributed by atoms with Crippen molar-refractivity contribution >= 4 is 46.2 Å². The lowest BCUT2D eigenvalue weighted by atomic mass is 9.80. The lowest BCUT2D eigenvalue weighted by molar-refractivity contribution is -0.137. The Bertz CT molecular complexity index is 1260. The lowest BCUT2D eigenvalue weighted by Crippen LogP contribution is -2.54. The third-order valence-electron chi connectivity index (χ3n) is 7.67. The highest BCUT2D eigenvalue weighted by Crippen LogP contribution is 2.34. The van der Waals surface area contributed by atoms with Crippen molar-refractivity contribution in [1.82, 2.24) is 24.6 Å². The number of nitrogens with zero attached hydrogens (tertiary/aromatic N) is 6.